The minimum absolute atomic E-state index is 0.0267. The van der Waals surface area contributed by atoms with E-state index in [-0.39, 0.29) is 5.91 Å². The summed E-state index contributed by atoms with van der Waals surface area (Å²) in [6.45, 7) is 2.35. The smallest absolute Gasteiger partial charge is 0.230 e. The first-order chi connectivity index (χ1) is 12.2. The summed E-state index contributed by atoms with van der Waals surface area (Å²) >= 11 is 1.43. The number of nitrogens with zero attached hydrogens (tertiary/aromatic N) is 2. The average Bonchev–Trinajstić information content (AvgIpc) is 2.64. The van der Waals surface area contributed by atoms with Gasteiger partial charge in [-0.25, -0.2) is 9.97 Å². The zero-order chi connectivity index (χ0) is 17.6. The summed E-state index contributed by atoms with van der Waals surface area (Å²) in [6.07, 6.45) is 0. The van der Waals surface area contributed by atoms with Gasteiger partial charge in [0.15, 0.2) is 0 Å². The summed E-state index contributed by atoms with van der Waals surface area (Å²) in [5.74, 6) is 1.80. The van der Waals surface area contributed by atoms with Crippen LogP contribution in [0.4, 0.5) is 0 Å². The third-order valence-corrected chi connectivity index (χ3v) is 4.66. The number of benzene rings is 2. The molecule has 1 heterocycles. The predicted molar refractivity (Wildman–Crippen MR) is 99.8 cm³/mol. The second-order valence-corrected chi connectivity index (χ2v) is 6.47. The maximum absolute atomic E-state index is 12.1. The zero-order valence-corrected chi connectivity index (χ0v) is 15.0. The number of methoxy groups -OCH3 is 1. The predicted octanol–water partition coefficient (Wildman–Crippen LogP) is 3.36. The van der Waals surface area contributed by atoms with Crippen molar-refractivity contribution in [3.8, 4) is 5.75 Å². The van der Waals surface area contributed by atoms with E-state index < -0.39 is 0 Å². The molecule has 0 atom stereocenters. The van der Waals surface area contributed by atoms with Crippen LogP contribution in [0.5, 0.6) is 5.75 Å². The first-order valence-electron chi connectivity index (χ1n) is 7.91. The summed E-state index contributed by atoms with van der Waals surface area (Å²) in [7, 11) is 1.63. The highest BCUT2D eigenvalue weighted by Gasteiger charge is 2.09. The van der Waals surface area contributed by atoms with Crippen molar-refractivity contribution >= 4 is 28.6 Å². The van der Waals surface area contributed by atoms with E-state index in [2.05, 4.69) is 15.3 Å². The van der Waals surface area contributed by atoms with Crippen molar-refractivity contribution in [1.29, 1.82) is 0 Å². The molecule has 25 heavy (non-hydrogen) atoms. The highest BCUT2D eigenvalue weighted by Crippen LogP contribution is 2.24. The van der Waals surface area contributed by atoms with Crippen LogP contribution in [0.3, 0.4) is 0 Å². The van der Waals surface area contributed by atoms with Crippen molar-refractivity contribution < 1.29 is 9.53 Å². The molecule has 0 radical (unpaired) electrons. The van der Waals surface area contributed by atoms with E-state index in [9.17, 15) is 4.79 Å². The Hall–Kier alpha value is -2.60. The molecule has 2 aromatic carbocycles. The van der Waals surface area contributed by atoms with Gasteiger partial charge in [0.25, 0.3) is 0 Å². The Bertz CT molecular complexity index is 881. The summed E-state index contributed by atoms with van der Waals surface area (Å²) in [5.41, 5.74) is 1.93. The SMILES string of the molecule is COc1ccc(CNC(=O)CSc2nc(C)nc3ccccc23)cc1. The fourth-order valence-electron chi connectivity index (χ4n) is 2.40. The number of thioether (sulfide) groups is 1. The molecule has 0 fully saturated rings. The Balaban J connectivity index is 1.59. The van der Waals surface area contributed by atoms with Crippen molar-refractivity contribution in [3.05, 3.63) is 59.9 Å². The van der Waals surface area contributed by atoms with Crippen LogP contribution in [0.2, 0.25) is 0 Å². The Morgan fingerprint density at radius 3 is 2.64 bits per heavy atom. The molecule has 0 aliphatic carbocycles. The minimum Gasteiger partial charge on any atom is -0.497 e. The van der Waals surface area contributed by atoms with Crippen LogP contribution >= 0.6 is 11.8 Å². The van der Waals surface area contributed by atoms with E-state index in [1.54, 1.807) is 7.11 Å². The lowest BCUT2D eigenvalue weighted by atomic mass is 10.2. The van der Waals surface area contributed by atoms with Crippen molar-refractivity contribution in [3.63, 3.8) is 0 Å². The summed E-state index contributed by atoms with van der Waals surface area (Å²) in [6, 6.07) is 15.5. The lowest BCUT2D eigenvalue weighted by Gasteiger charge is -2.08. The van der Waals surface area contributed by atoms with Gasteiger partial charge in [-0.2, -0.15) is 0 Å². The van der Waals surface area contributed by atoms with Gasteiger partial charge in [0.05, 0.1) is 18.4 Å². The Morgan fingerprint density at radius 2 is 1.88 bits per heavy atom. The van der Waals surface area contributed by atoms with E-state index in [0.717, 1.165) is 27.2 Å². The topological polar surface area (TPSA) is 64.1 Å². The van der Waals surface area contributed by atoms with Crippen LogP contribution in [-0.4, -0.2) is 28.7 Å². The summed E-state index contributed by atoms with van der Waals surface area (Å²) in [4.78, 5) is 21.0. The van der Waals surface area contributed by atoms with Gasteiger partial charge >= 0.3 is 0 Å². The molecule has 0 aliphatic heterocycles. The van der Waals surface area contributed by atoms with Crippen molar-refractivity contribution in [2.45, 2.75) is 18.5 Å². The molecule has 3 rings (SSSR count). The third-order valence-electron chi connectivity index (χ3n) is 3.67. The number of carbonyl (C=O) groups excluding carboxylic acids is 1. The first-order valence-corrected chi connectivity index (χ1v) is 8.90. The molecule has 6 heteroatoms. The third kappa shape index (κ3) is 4.48. The molecule has 1 aromatic heterocycles. The van der Waals surface area contributed by atoms with Crippen LogP contribution in [0.1, 0.15) is 11.4 Å². The van der Waals surface area contributed by atoms with E-state index in [1.165, 1.54) is 11.8 Å². The standard InChI is InChI=1S/C19H19N3O2S/c1-13-21-17-6-4-3-5-16(17)19(22-13)25-12-18(23)20-11-14-7-9-15(24-2)10-8-14/h3-10H,11-12H2,1-2H3,(H,20,23). The zero-order valence-electron chi connectivity index (χ0n) is 14.2. The second kappa shape index (κ2) is 7.98. The lowest BCUT2D eigenvalue weighted by molar-refractivity contribution is -0.118. The largest absolute Gasteiger partial charge is 0.497 e. The number of rotatable bonds is 6. The Labute approximate surface area is 150 Å². The highest BCUT2D eigenvalue weighted by molar-refractivity contribution is 8.00. The normalized spacial score (nSPS) is 10.6. The number of hydrogen-bond donors (Lipinski definition) is 1. The van der Waals surface area contributed by atoms with Crippen molar-refractivity contribution in [2.75, 3.05) is 12.9 Å². The Morgan fingerprint density at radius 1 is 1.12 bits per heavy atom. The van der Waals surface area contributed by atoms with E-state index in [1.807, 2.05) is 55.5 Å². The number of para-hydroxylation sites is 1. The number of carbonyl (C=O) groups is 1. The monoisotopic (exact) mass is 353 g/mol. The Kier molecular flexibility index (Phi) is 5.50. The van der Waals surface area contributed by atoms with Crippen LogP contribution < -0.4 is 10.1 Å². The summed E-state index contributed by atoms with van der Waals surface area (Å²) < 4.78 is 5.12. The van der Waals surface area contributed by atoms with Gasteiger partial charge in [-0.05, 0) is 30.7 Å². The molecule has 1 N–H and O–H groups in total. The number of aryl methyl sites for hydroxylation is 1. The molecule has 3 aromatic rings. The molecule has 1 amide bonds. The molecule has 0 bridgehead atoms. The van der Waals surface area contributed by atoms with Crippen LogP contribution in [-0.2, 0) is 11.3 Å². The molecule has 0 spiro atoms. The van der Waals surface area contributed by atoms with Gasteiger partial charge in [0.1, 0.15) is 16.6 Å². The number of aromatic nitrogens is 2. The average molecular weight is 353 g/mol. The molecule has 5 nitrogen and oxygen atoms in total. The molecular formula is C19H19N3O2S. The molecular weight excluding hydrogens is 334 g/mol. The van der Waals surface area contributed by atoms with Crippen molar-refractivity contribution in [1.82, 2.24) is 15.3 Å². The van der Waals surface area contributed by atoms with Gasteiger partial charge in [-0.3, -0.25) is 4.79 Å². The van der Waals surface area contributed by atoms with Gasteiger partial charge in [-0.15, -0.1) is 0 Å². The second-order valence-electron chi connectivity index (χ2n) is 5.51. The minimum atomic E-state index is -0.0267. The fourth-order valence-corrected chi connectivity index (χ4v) is 3.29. The molecule has 0 saturated carbocycles. The van der Waals surface area contributed by atoms with Crippen LogP contribution in [0.25, 0.3) is 10.9 Å². The number of ether oxygens (including phenoxy) is 1. The van der Waals surface area contributed by atoms with E-state index >= 15 is 0 Å². The van der Waals surface area contributed by atoms with Gasteiger partial charge in [0.2, 0.25) is 5.91 Å². The van der Waals surface area contributed by atoms with Crippen molar-refractivity contribution in [2.24, 2.45) is 0 Å². The van der Waals surface area contributed by atoms with Gasteiger partial charge in [-0.1, -0.05) is 42.1 Å². The van der Waals surface area contributed by atoms with Crippen LogP contribution in [0, 0.1) is 6.92 Å². The molecule has 0 saturated heterocycles. The van der Waals surface area contributed by atoms with Crippen LogP contribution in [0.15, 0.2) is 53.6 Å². The maximum atomic E-state index is 12.1. The maximum Gasteiger partial charge on any atom is 0.230 e. The molecule has 0 unspecified atom stereocenters. The summed E-state index contributed by atoms with van der Waals surface area (Å²) in [5, 5.41) is 4.73. The number of hydrogen-bond acceptors (Lipinski definition) is 5. The van der Waals surface area contributed by atoms with E-state index in [0.29, 0.717) is 18.1 Å². The van der Waals surface area contributed by atoms with Gasteiger partial charge in [0, 0.05) is 11.9 Å². The number of nitrogens with one attached hydrogen (secondary N) is 1. The number of amides is 1. The number of fused-ring (bicyclic) bond motifs is 1. The lowest BCUT2D eigenvalue weighted by Crippen LogP contribution is -2.24. The molecule has 128 valence electrons. The first kappa shape index (κ1) is 17.2. The quantitative estimate of drug-likeness (QED) is 0.544. The van der Waals surface area contributed by atoms with Gasteiger partial charge < -0.3 is 10.1 Å². The highest BCUT2D eigenvalue weighted by atomic mass is 32.2. The molecule has 0 aliphatic rings. The van der Waals surface area contributed by atoms with E-state index in [4.69, 9.17) is 4.74 Å². The fraction of sp³-hybridized carbons (Fsp3) is 0.211.